The third-order valence-electron chi connectivity index (χ3n) is 8.22. The predicted octanol–water partition coefficient (Wildman–Crippen LogP) is 4.19. The van der Waals surface area contributed by atoms with Gasteiger partial charge in [-0.1, -0.05) is 23.8 Å². The number of nitrogens with one attached hydrogen (secondary N) is 2. The van der Waals surface area contributed by atoms with Gasteiger partial charge in [0.05, 0.1) is 24.6 Å². The van der Waals surface area contributed by atoms with E-state index in [1.165, 1.54) is 41.6 Å². The Morgan fingerprint density at radius 1 is 1.06 bits per heavy atom. The first-order valence-corrected chi connectivity index (χ1v) is 12.2. The number of fused-ring (bicyclic) bond motifs is 3. The lowest BCUT2D eigenvalue weighted by Crippen LogP contribution is -2.44. The van der Waals surface area contributed by atoms with Gasteiger partial charge in [-0.3, -0.25) is 4.90 Å². The summed E-state index contributed by atoms with van der Waals surface area (Å²) < 4.78 is 5.75. The number of aromatic nitrogens is 3. The summed E-state index contributed by atoms with van der Waals surface area (Å²) in [6, 6.07) is 9.98. The molecule has 166 valence electrons. The van der Waals surface area contributed by atoms with Gasteiger partial charge in [0.15, 0.2) is 0 Å². The normalized spacial score (nSPS) is 29.9. The lowest BCUT2D eigenvalue weighted by Gasteiger charge is -2.40. The molecule has 3 aromatic rings. The summed E-state index contributed by atoms with van der Waals surface area (Å²) in [6.07, 6.45) is 6.59. The third-order valence-corrected chi connectivity index (χ3v) is 8.22. The Labute approximate surface area is 188 Å². The quantitative estimate of drug-likeness (QED) is 0.651. The first-order chi connectivity index (χ1) is 15.7. The molecule has 2 aliphatic carbocycles. The zero-order valence-electron chi connectivity index (χ0n) is 18.7. The summed E-state index contributed by atoms with van der Waals surface area (Å²) in [5.74, 6) is 3.04. The van der Waals surface area contributed by atoms with Crippen molar-refractivity contribution in [2.24, 2.45) is 11.8 Å². The highest BCUT2D eigenvalue weighted by atomic mass is 16.5. The highest BCUT2D eigenvalue weighted by molar-refractivity contribution is 5.88. The van der Waals surface area contributed by atoms with Gasteiger partial charge in [0.1, 0.15) is 17.8 Å². The van der Waals surface area contributed by atoms with E-state index in [4.69, 9.17) is 9.72 Å². The van der Waals surface area contributed by atoms with E-state index in [-0.39, 0.29) is 6.04 Å². The van der Waals surface area contributed by atoms with Gasteiger partial charge in [-0.25, -0.2) is 9.97 Å². The number of rotatable bonds is 4. The van der Waals surface area contributed by atoms with Crippen LogP contribution in [0.25, 0.3) is 11.0 Å². The van der Waals surface area contributed by atoms with Gasteiger partial charge < -0.3 is 15.0 Å². The molecule has 0 amide bonds. The number of benzene rings is 1. The molecule has 4 aliphatic rings. The maximum absolute atomic E-state index is 5.75. The van der Waals surface area contributed by atoms with Crippen molar-refractivity contribution in [2.75, 3.05) is 31.6 Å². The number of H-pyrrole nitrogens is 1. The Balaban J connectivity index is 1.26. The minimum atomic E-state index is 0.233. The largest absolute Gasteiger partial charge is 0.381 e. The van der Waals surface area contributed by atoms with Crippen LogP contribution in [0.3, 0.4) is 0 Å². The number of hydrogen-bond donors (Lipinski definition) is 2. The molecule has 32 heavy (non-hydrogen) atoms. The zero-order valence-corrected chi connectivity index (χ0v) is 18.7. The fourth-order valence-electron chi connectivity index (χ4n) is 6.33. The summed E-state index contributed by atoms with van der Waals surface area (Å²) in [5, 5.41) is 5.04. The van der Waals surface area contributed by atoms with E-state index in [0.717, 1.165) is 49.6 Å². The Morgan fingerprint density at radius 2 is 1.91 bits per heavy atom. The Bertz CT molecular complexity index is 1160. The molecule has 2 aromatic heterocycles. The number of anilines is 1. The fraction of sp³-hybridized carbons (Fsp3) is 0.538. The molecule has 6 nitrogen and oxygen atoms in total. The Kier molecular flexibility index (Phi) is 4.34. The molecule has 0 bridgehead atoms. The van der Waals surface area contributed by atoms with Crippen molar-refractivity contribution in [1.29, 1.82) is 0 Å². The first kappa shape index (κ1) is 19.1. The second-order valence-electron chi connectivity index (χ2n) is 10.4. The van der Waals surface area contributed by atoms with Gasteiger partial charge >= 0.3 is 0 Å². The predicted molar refractivity (Wildman–Crippen MR) is 125 cm³/mol. The molecular weight excluding hydrogens is 398 g/mol. The second-order valence-corrected chi connectivity index (χ2v) is 10.4. The number of likely N-dealkylation sites (tertiary alicyclic amines) is 1. The molecule has 2 N–H and O–H groups in total. The summed E-state index contributed by atoms with van der Waals surface area (Å²) >= 11 is 0. The van der Waals surface area contributed by atoms with Crippen LogP contribution in [0.15, 0.2) is 30.6 Å². The van der Waals surface area contributed by atoms with Gasteiger partial charge in [0, 0.05) is 36.7 Å². The molecule has 2 aliphatic heterocycles. The van der Waals surface area contributed by atoms with Crippen LogP contribution in [0.2, 0.25) is 0 Å². The van der Waals surface area contributed by atoms with Crippen LogP contribution < -0.4 is 5.32 Å². The molecule has 3 fully saturated rings. The molecule has 1 saturated carbocycles. The van der Waals surface area contributed by atoms with Crippen LogP contribution in [0, 0.1) is 18.8 Å². The molecule has 2 saturated heterocycles. The first-order valence-electron chi connectivity index (χ1n) is 12.2. The Hall–Kier alpha value is -2.44. The van der Waals surface area contributed by atoms with E-state index in [2.05, 4.69) is 51.4 Å². The zero-order chi connectivity index (χ0) is 21.2. The molecular formula is C26H31N5O. The second kappa shape index (κ2) is 7.29. The maximum Gasteiger partial charge on any atom is 0.143 e. The smallest absolute Gasteiger partial charge is 0.143 e. The van der Waals surface area contributed by atoms with E-state index in [0.29, 0.717) is 23.8 Å². The monoisotopic (exact) mass is 429 g/mol. The number of aryl methyl sites for hydroxylation is 2. The van der Waals surface area contributed by atoms with Crippen molar-refractivity contribution in [1.82, 2.24) is 19.9 Å². The lowest BCUT2D eigenvalue weighted by molar-refractivity contribution is 0.127. The van der Waals surface area contributed by atoms with Crippen molar-refractivity contribution < 1.29 is 4.74 Å². The van der Waals surface area contributed by atoms with Crippen molar-refractivity contribution >= 4 is 16.9 Å². The van der Waals surface area contributed by atoms with E-state index >= 15 is 0 Å². The van der Waals surface area contributed by atoms with E-state index in [1.807, 2.05) is 0 Å². The molecule has 4 atom stereocenters. The molecule has 0 unspecified atom stereocenters. The van der Waals surface area contributed by atoms with Crippen molar-refractivity contribution in [3.05, 3.63) is 53.0 Å². The topological polar surface area (TPSA) is 66.1 Å². The van der Waals surface area contributed by atoms with Crippen molar-refractivity contribution in [3.63, 3.8) is 0 Å². The van der Waals surface area contributed by atoms with Gasteiger partial charge in [0.25, 0.3) is 0 Å². The van der Waals surface area contributed by atoms with Crippen LogP contribution in [0.1, 0.15) is 53.6 Å². The van der Waals surface area contributed by atoms with Crippen LogP contribution in [0.4, 0.5) is 5.82 Å². The highest BCUT2D eigenvalue weighted by Crippen LogP contribution is 2.43. The minimum absolute atomic E-state index is 0.233. The number of hydrogen-bond acceptors (Lipinski definition) is 5. The summed E-state index contributed by atoms with van der Waals surface area (Å²) in [6.45, 7) is 6.38. The SMILES string of the molecule is Cc1ccc2c(c1)CC[C@H](N1C[C@H]3COC[C@@H]3C1)[C@H]2Nc1ncnc2[nH]c(C3CC3)cc12. The molecule has 0 spiro atoms. The molecule has 6 heteroatoms. The standard InChI is InChI=1S/C26H31N5O/c1-15-2-6-20-17(8-15)5-7-23(31-10-18-12-32-13-19(18)11-31)24(20)30-26-21-9-22(16-3-4-16)29-25(21)27-14-28-26/h2,6,8-9,14,16,18-19,23-24H,3-5,7,10-13H2,1H3,(H2,27,28,29,30)/t18-,19-,23-,24-/m0/s1. The number of aromatic amines is 1. The lowest BCUT2D eigenvalue weighted by atomic mass is 9.82. The molecule has 7 rings (SSSR count). The third kappa shape index (κ3) is 3.15. The molecule has 4 heterocycles. The average Bonchev–Trinajstić information content (AvgIpc) is 3.20. The fourth-order valence-corrected chi connectivity index (χ4v) is 6.33. The molecule has 1 aromatic carbocycles. The van der Waals surface area contributed by atoms with E-state index in [1.54, 1.807) is 6.33 Å². The van der Waals surface area contributed by atoms with Crippen LogP contribution in [-0.4, -0.2) is 52.2 Å². The minimum Gasteiger partial charge on any atom is -0.381 e. The number of ether oxygens (including phenoxy) is 1. The van der Waals surface area contributed by atoms with Crippen LogP contribution in [0.5, 0.6) is 0 Å². The summed E-state index contributed by atoms with van der Waals surface area (Å²) in [7, 11) is 0. The van der Waals surface area contributed by atoms with E-state index in [9.17, 15) is 0 Å². The van der Waals surface area contributed by atoms with Crippen LogP contribution in [-0.2, 0) is 11.2 Å². The van der Waals surface area contributed by atoms with Gasteiger partial charge in [0.2, 0.25) is 0 Å². The number of nitrogens with zero attached hydrogens (tertiary/aromatic N) is 3. The maximum atomic E-state index is 5.75. The van der Waals surface area contributed by atoms with E-state index < -0.39 is 0 Å². The van der Waals surface area contributed by atoms with Crippen LogP contribution >= 0.6 is 0 Å². The highest BCUT2D eigenvalue weighted by Gasteiger charge is 2.43. The van der Waals surface area contributed by atoms with Crippen molar-refractivity contribution in [3.8, 4) is 0 Å². The molecule has 0 radical (unpaired) electrons. The van der Waals surface area contributed by atoms with Crippen molar-refractivity contribution in [2.45, 2.75) is 50.6 Å². The Morgan fingerprint density at radius 3 is 2.72 bits per heavy atom. The summed E-state index contributed by atoms with van der Waals surface area (Å²) in [4.78, 5) is 15.5. The van der Waals surface area contributed by atoms with Gasteiger partial charge in [-0.05, 0) is 55.7 Å². The van der Waals surface area contributed by atoms with Gasteiger partial charge in [-0.15, -0.1) is 0 Å². The van der Waals surface area contributed by atoms with Gasteiger partial charge in [-0.2, -0.15) is 0 Å². The average molecular weight is 430 g/mol. The summed E-state index contributed by atoms with van der Waals surface area (Å²) in [5.41, 5.74) is 6.53.